The zero-order valence-electron chi connectivity index (χ0n) is 14.5. The summed E-state index contributed by atoms with van der Waals surface area (Å²) in [6.07, 6.45) is 0.291. The second-order valence-electron chi connectivity index (χ2n) is 6.11. The van der Waals surface area contributed by atoms with Crippen molar-refractivity contribution in [2.24, 2.45) is 0 Å². The molecule has 0 spiro atoms. The SMILES string of the molecule is CN(C)CCNc1cc(C(=O)C=O)c2oc(-c3cccc(Br)c3)nc2c1. The van der Waals surface area contributed by atoms with Gasteiger partial charge in [0.1, 0.15) is 5.52 Å². The molecule has 0 aliphatic rings. The van der Waals surface area contributed by atoms with Crippen molar-refractivity contribution in [3.8, 4) is 11.5 Å². The topological polar surface area (TPSA) is 75.4 Å². The van der Waals surface area contributed by atoms with Crippen LogP contribution in [-0.2, 0) is 4.79 Å². The van der Waals surface area contributed by atoms with Crippen molar-refractivity contribution in [1.29, 1.82) is 0 Å². The van der Waals surface area contributed by atoms with Crippen molar-refractivity contribution in [3.05, 3.63) is 46.4 Å². The zero-order valence-corrected chi connectivity index (χ0v) is 16.0. The number of ketones is 1. The Morgan fingerprint density at radius 1 is 1.31 bits per heavy atom. The van der Waals surface area contributed by atoms with E-state index in [0.29, 0.717) is 29.8 Å². The minimum Gasteiger partial charge on any atom is -0.435 e. The Morgan fingerprint density at radius 3 is 2.81 bits per heavy atom. The van der Waals surface area contributed by atoms with Crippen molar-refractivity contribution >= 4 is 44.8 Å². The van der Waals surface area contributed by atoms with Crippen LogP contribution in [0.5, 0.6) is 0 Å². The lowest BCUT2D eigenvalue weighted by atomic mass is 10.1. The molecule has 0 aliphatic heterocycles. The van der Waals surface area contributed by atoms with E-state index in [-0.39, 0.29) is 5.56 Å². The van der Waals surface area contributed by atoms with E-state index in [9.17, 15) is 9.59 Å². The molecule has 0 fully saturated rings. The molecule has 0 radical (unpaired) electrons. The molecule has 1 heterocycles. The Morgan fingerprint density at radius 2 is 2.12 bits per heavy atom. The largest absolute Gasteiger partial charge is 0.435 e. The Hall–Kier alpha value is -2.51. The van der Waals surface area contributed by atoms with Crippen molar-refractivity contribution < 1.29 is 14.0 Å². The Balaban J connectivity index is 2.05. The molecule has 1 aromatic heterocycles. The van der Waals surface area contributed by atoms with Crippen molar-refractivity contribution in [2.45, 2.75) is 0 Å². The van der Waals surface area contributed by atoms with Crippen LogP contribution < -0.4 is 5.32 Å². The lowest BCUT2D eigenvalue weighted by Gasteiger charge is -2.11. The van der Waals surface area contributed by atoms with E-state index in [0.717, 1.165) is 22.3 Å². The van der Waals surface area contributed by atoms with Crippen molar-refractivity contribution in [1.82, 2.24) is 9.88 Å². The molecule has 134 valence electrons. The second-order valence-corrected chi connectivity index (χ2v) is 7.03. The summed E-state index contributed by atoms with van der Waals surface area (Å²) in [7, 11) is 3.96. The Labute approximate surface area is 159 Å². The summed E-state index contributed by atoms with van der Waals surface area (Å²) in [6.45, 7) is 1.53. The molecule has 1 N–H and O–H groups in total. The molecule has 6 nitrogen and oxygen atoms in total. The van der Waals surface area contributed by atoms with Crippen LogP contribution in [0.15, 0.2) is 45.3 Å². The first-order valence-corrected chi connectivity index (χ1v) is 8.86. The van der Waals surface area contributed by atoms with Crippen LogP contribution in [-0.4, -0.2) is 49.1 Å². The fraction of sp³-hybridized carbons (Fsp3) is 0.211. The molecule has 0 bridgehead atoms. The van der Waals surface area contributed by atoms with Gasteiger partial charge >= 0.3 is 0 Å². The minimum absolute atomic E-state index is 0.207. The van der Waals surface area contributed by atoms with Gasteiger partial charge < -0.3 is 14.6 Å². The molecular formula is C19H18BrN3O3. The van der Waals surface area contributed by atoms with Gasteiger partial charge in [-0.1, -0.05) is 22.0 Å². The van der Waals surface area contributed by atoms with E-state index in [2.05, 4.69) is 26.2 Å². The number of hydrogen-bond donors (Lipinski definition) is 1. The van der Waals surface area contributed by atoms with E-state index in [1.807, 2.05) is 49.3 Å². The number of nitrogens with zero attached hydrogens (tertiary/aromatic N) is 2. The number of nitrogens with one attached hydrogen (secondary N) is 1. The number of benzene rings is 2. The van der Waals surface area contributed by atoms with Crippen LogP contribution in [0.3, 0.4) is 0 Å². The van der Waals surface area contributed by atoms with Gasteiger partial charge in [-0.05, 0) is 44.4 Å². The summed E-state index contributed by atoms with van der Waals surface area (Å²) >= 11 is 3.42. The first-order valence-electron chi connectivity index (χ1n) is 8.06. The van der Waals surface area contributed by atoms with Crippen LogP contribution in [0.2, 0.25) is 0 Å². The van der Waals surface area contributed by atoms with E-state index in [1.165, 1.54) is 0 Å². The Kier molecular flexibility index (Phi) is 5.49. The first-order chi connectivity index (χ1) is 12.5. The van der Waals surface area contributed by atoms with E-state index >= 15 is 0 Å². The molecule has 3 aromatic rings. The number of halogens is 1. The number of carbonyl (C=O) groups excluding carboxylic acids is 2. The van der Waals surface area contributed by atoms with Crippen LogP contribution in [0.1, 0.15) is 10.4 Å². The maximum absolute atomic E-state index is 12.1. The van der Waals surface area contributed by atoms with Crippen LogP contribution in [0.4, 0.5) is 5.69 Å². The molecule has 0 saturated carbocycles. The number of Topliss-reactive ketones (excluding diaryl/α,β-unsaturated/α-hetero) is 1. The lowest BCUT2D eigenvalue weighted by Crippen LogP contribution is -2.20. The van der Waals surface area contributed by atoms with Crippen LogP contribution in [0, 0.1) is 0 Å². The van der Waals surface area contributed by atoms with E-state index in [1.54, 1.807) is 6.07 Å². The van der Waals surface area contributed by atoms with Gasteiger partial charge in [-0.2, -0.15) is 0 Å². The Bertz CT molecular complexity index is 966. The quantitative estimate of drug-likeness (QED) is 0.360. The maximum atomic E-state index is 12.1. The first kappa shape index (κ1) is 18.3. The van der Waals surface area contributed by atoms with E-state index in [4.69, 9.17) is 4.42 Å². The predicted molar refractivity (Wildman–Crippen MR) is 105 cm³/mol. The smallest absolute Gasteiger partial charge is 0.229 e. The highest BCUT2D eigenvalue weighted by Gasteiger charge is 2.18. The fourth-order valence-corrected chi connectivity index (χ4v) is 2.95. The van der Waals surface area contributed by atoms with Gasteiger partial charge in [0.2, 0.25) is 11.7 Å². The van der Waals surface area contributed by atoms with Gasteiger partial charge in [0.15, 0.2) is 11.9 Å². The highest BCUT2D eigenvalue weighted by molar-refractivity contribution is 9.10. The van der Waals surface area contributed by atoms with Gasteiger partial charge in [0.25, 0.3) is 0 Å². The third-order valence-electron chi connectivity index (χ3n) is 3.82. The van der Waals surface area contributed by atoms with Crippen LogP contribution in [0.25, 0.3) is 22.6 Å². The molecule has 3 rings (SSSR count). The summed E-state index contributed by atoms with van der Waals surface area (Å²) in [4.78, 5) is 29.6. The molecule has 0 aliphatic carbocycles. The van der Waals surface area contributed by atoms with Gasteiger partial charge in [-0.15, -0.1) is 0 Å². The molecule has 0 amide bonds. The number of likely N-dealkylation sites (N-methyl/N-ethyl adjacent to an activating group) is 1. The standard InChI is InChI=1S/C19H18BrN3O3/c1-23(2)7-6-21-14-9-15(17(25)11-24)18-16(10-14)22-19(26-18)12-4-3-5-13(20)8-12/h3-5,8-11,21H,6-7H2,1-2H3. The predicted octanol–water partition coefficient (Wildman–Crippen LogP) is 3.61. The summed E-state index contributed by atoms with van der Waals surface area (Å²) < 4.78 is 6.71. The molecule has 0 saturated heterocycles. The fourth-order valence-electron chi connectivity index (χ4n) is 2.55. The molecule has 0 unspecified atom stereocenters. The number of aromatic nitrogens is 1. The average Bonchev–Trinajstić information content (AvgIpc) is 3.04. The molecule has 7 heteroatoms. The summed E-state index contributed by atoms with van der Waals surface area (Å²) in [6, 6.07) is 11.0. The number of aldehydes is 1. The van der Waals surface area contributed by atoms with Gasteiger partial charge in [0.05, 0.1) is 5.56 Å². The molecule has 0 atom stereocenters. The van der Waals surface area contributed by atoms with Gasteiger partial charge in [-0.25, -0.2) is 4.98 Å². The van der Waals surface area contributed by atoms with Crippen molar-refractivity contribution in [3.63, 3.8) is 0 Å². The monoisotopic (exact) mass is 415 g/mol. The van der Waals surface area contributed by atoms with Gasteiger partial charge in [-0.3, -0.25) is 9.59 Å². The third-order valence-corrected chi connectivity index (χ3v) is 4.32. The zero-order chi connectivity index (χ0) is 18.7. The lowest BCUT2D eigenvalue weighted by molar-refractivity contribution is -0.104. The number of carbonyl (C=O) groups is 2. The number of hydrogen-bond acceptors (Lipinski definition) is 6. The minimum atomic E-state index is -0.636. The third kappa shape index (κ3) is 4.00. The van der Waals surface area contributed by atoms with Crippen molar-refractivity contribution in [2.75, 3.05) is 32.5 Å². The second kappa shape index (κ2) is 7.80. The summed E-state index contributed by atoms with van der Waals surface area (Å²) in [5.41, 5.74) is 2.55. The number of oxazole rings is 1. The molecule has 26 heavy (non-hydrogen) atoms. The molecular weight excluding hydrogens is 398 g/mol. The highest BCUT2D eigenvalue weighted by atomic mass is 79.9. The normalized spacial score (nSPS) is 11.1. The maximum Gasteiger partial charge on any atom is 0.229 e. The number of fused-ring (bicyclic) bond motifs is 1. The summed E-state index contributed by atoms with van der Waals surface area (Å²) in [5, 5.41) is 3.25. The highest BCUT2D eigenvalue weighted by Crippen LogP contribution is 2.30. The number of rotatable bonds is 7. The van der Waals surface area contributed by atoms with E-state index < -0.39 is 5.78 Å². The molecule has 2 aromatic carbocycles. The van der Waals surface area contributed by atoms with Gasteiger partial charge in [0, 0.05) is 28.8 Å². The van der Waals surface area contributed by atoms with Crippen LogP contribution >= 0.6 is 15.9 Å². The summed E-state index contributed by atoms with van der Waals surface area (Å²) in [5.74, 6) is -0.241. The average molecular weight is 416 g/mol. The number of anilines is 1.